The Bertz CT molecular complexity index is 730. The van der Waals surface area contributed by atoms with Gasteiger partial charge in [-0.3, -0.25) is 14.6 Å². The number of ketones is 1. The number of benzene rings is 1. The SMILES string of the molecule is CC(=O)c1ccccc1N[C@@H]1CCCN(C(=O)c2cccnc2)C1. The number of Topliss-reactive ketones (excluding diaryl/α,β-unsaturated/α-hetero) is 1. The number of nitrogens with zero attached hydrogens (tertiary/aromatic N) is 2. The van der Waals surface area contributed by atoms with Crippen LogP contribution in [0.3, 0.4) is 0 Å². The smallest absolute Gasteiger partial charge is 0.255 e. The van der Waals surface area contributed by atoms with Crippen LogP contribution in [0.15, 0.2) is 48.8 Å². The number of aromatic nitrogens is 1. The van der Waals surface area contributed by atoms with Crippen LogP contribution in [-0.2, 0) is 0 Å². The Morgan fingerprint density at radius 2 is 2.04 bits per heavy atom. The average molecular weight is 323 g/mol. The summed E-state index contributed by atoms with van der Waals surface area (Å²) in [5, 5.41) is 3.44. The van der Waals surface area contributed by atoms with Crippen molar-refractivity contribution >= 4 is 17.4 Å². The van der Waals surface area contributed by atoms with Gasteiger partial charge in [-0.05, 0) is 44.0 Å². The van der Waals surface area contributed by atoms with Gasteiger partial charge in [0.2, 0.25) is 0 Å². The van der Waals surface area contributed by atoms with E-state index in [2.05, 4.69) is 10.3 Å². The Balaban J connectivity index is 1.70. The van der Waals surface area contributed by atoms with Crippen molar-refractivity contribution < 1.29 is 9.59 Å². The molecule has 2 aromatic rings. The first-order valence-electron chi connectivity index (χ1n) is 8.21. The predicted molar refractivity (Wildman–Crippen MR) is 93.2 cm³/mol. The van der Waals surface area contributed by atoms with Crippen molar-refractivity contribution in [1.82, 2.24) is 9.88 Å². The van der Waals surface area contributed by atoms with Crippen LogP contribution in [0.5, 0.6) is 0 Å². The minimum Gasteiger partial charge on any atom is -0.380 e. The number of rotatable bonds is 4. The molecule has 1 N–H and O–H groups in total. The molecule has 0 saturated carbocycles. The van der Waals surface area contributed by atoms with Crippen LogP contribution >= 0.6 is 0 Å². The molecule has 5 heteroatoms. The number of hydrogen-bond donors (Lipinski definition) is 1. The molecule has 0 radical (unpaired) electrons. The van der Waals surface area contributed by atoms with Gasteiger partial charge >= 0.3 is 0 Å². The van der Waals surface area contributed by atoms with Gasteiger partial charge in [0, 0.05) is 42.8 Å². The molecule has 2 heterocycles. The number of hydrogen-bond acceptors (Lipinski definition) is 4. The zero-order valence-electron chi connectivity index (χ0n) is 13.7. The van der Waals surface area contributed by atoms with Crippen molar-refractivity contribution in [3.8, 4) is 0 Å². The quantitative estimate of drug-likeness (QED) is 0.879. The highest BCUT2D eigenvalue weighted by Gasteiger charge is 2.25. The lowest BCUT2D eigenvalue weighted by molar-refractivity contribution is 0.0714. The minimum atomic E-state index is 0.00875. The number of piperidine rings is 1. The van der Waals surface area contributed by atoms with E-state index in [-0.39, 0.29) is 17.7 Å². The highest BCUT2D eigenvalue weighted by molar-refractivity contribution is 5.99. The molecule has 1 aromatic heterocycles. The second-order valence-corrected chi connectivity index (χ2v) is 6.08. The summed E-state index contributed by atoms with van der Waals surface area (Å²) in [7, 11) is 0. The molecule has 0 unspecified atom stereocenters. The number of likely N-dealkylation sites (tertiary alicyclic amines) is 1. The Kier molecular flexibility index (Phi) is 4.89. The first kappa shape index (κ1) is 16.2. The van der Waals surface area contributed by atoms with Crippen molar-refractivity contribution in [2.45, 2.75) is 25.8 Å². The summed E-state index contributed by atoms with van der Waals surface area (Å²) in [4.78, 5) is 30.2. The number of anilines is 1. The zero-order chi connectivity index (χ0) is 16.9. The number of nitrogens with one attached hydrogen (secondary N) is 1. The van der Waals surface area contributed by atoms with Crippen molar-refractivity contribution in [2.24, 2.45) is 0 Å². The Hall–Kier alpha value is -2.69. The van der Waals surface area contributed by atoms with Gasteiger partial charge in [-0.15, -0.1) is 0 Å². The van der Waals surface area contributed by atoms with Crippen molar-refractivity contribution in [3.05, 3.63) is 59.9 Å². The number of carbonyl (C=O) groups excluding carboxylic acids is 2. The first-order valence-corrected chi connectivity index (χ1v) is 8.21. The molecule has 1 aromatic carbocycles. The van der Waals surface area contributed by atoms with E-state index in [1.165, 1.54) is 0 Å². The first-order chi connectivity index (χ1) is 11.6. The molecule has 0 spiro atoms. The van der Waals surface area contributed by atoms with Crippen LogP contribution in [0.25, 0.3) is 0 Å². The molecular formula is C19H21N3O2. The van der Waals surface area contributed by atoms with E-state index in [1.54, 1.807) is 31.5 Å². The van der Waals surface area contributed by atoms with Crippen LogP contribution in [0.4, 0.5) is 5.69 Å². The van der Waals surface area contributed by atoms with Gasteiger partial charge in [0.1, 0.15) is 0 Å². The van der Waals surface area contributed by atoms with E-state index in [1.807, 2.05) is 29.2 Å². The molecule has 24 heavy (non-hydrogen) atoms. The van der Waals surface area contributed by atoms with Gasteiger partial charge in [-0.2, -0.15) is 0 Å². The third kappa shape index (κ3) is 3.62. The van der Waals surface area contributed by atoms with Gasteiger partial charge in [0.05, 0.1) is 5.56 Å². The Labute approximate surface area is 141 Å². The lowest BCUT2D eigenvalue weighted by Gasteiger charge is -2.34. The van der Waals surface area contributed by atoms with Crippen LogP contribution in [-0.4, -0.2) is 40.7 Å². The Morgan fingerprint density at radius 1 is 1.21 bits per heavy atom. The fourth-order valence-electron chi connectivity index (χ4n) is 3.09. The van der Waals surface area contributed by atoms with Gasteiger partial charge < -0.3 is 10.2 Å². The average Bonchev–Trinajstić information content (AvgIpc) is 2.62. The van der Waals surface area contributed by atoms with E-state index in [4.69, 9.17) is 0 Å². The summed E-state index contributed by atoms with van der Waals surface area (Å²) in [5.41, 5.74) is 2.14. The molecule has 1 aliphatic rings. The van der Waals surface area contributed by atoms with E-state index >= 15 is 0 Å². The number of amides is 1. The molecule has 3 rings (SSSR count). The molecule has 1 amide bonds. The summed E-state index contributed by atoms with van der Waals surface area (Å²) in [6.07, 6.45) is 5.18. The van der Waals surface area contributed by atoms with Crippen LogP contribution in [0.2, 0.25) is 0 Å². The molecule has 1 saturated heterocycles. The van der Waals surface area contributed by atoms with Crippen LogP contribution in [0, 0.1) is 0 Å². The summed E-state index contributed by atoms with van der Waals surface area (Å²) >= 11 is 0. The third-order valence-electron chi connectivity index (χ3n) is 4.28. The van der Waals surface area contributed by atoms with E-state index in [0.717, 1.165) is 25.1 Å². The molecule has 0 aliphatic carbocycles. The lowest BCUT2D eigenvalue weighted by atomic mass is 10.0. The van der Waals surface area contributed by atoms with Crippen molar-refractivity contribution in [3.63, 3.8) is 0 Å². The van der Waals surface area contributed by atoms with E-state index in [0.29, 0.717) is 17.7 Å². The number of pyridine rings is 1. The topological polar surface area (TPSA) is 62.3 Å². The maximum Gasteiger partial charge on any atom is 0.255 e. The minimum absolute atomic E-state index is 0.00875. The van der Waals surface area contributed by atoms with Gasteiger partial charge in [-0.25, -0.2) is 0 Å². The second kappa shape index (κ2) is 7.25. The highest BCUT2D eigenvalue weighted by atomic mass is 16.2. The number of para-hydroxylation sites is 1. The summed E-state index contributed by atoms with van der Waals surface area (Å²) in [5.74, 6) is 0.0478. The Morgan fingerprint density at radius 3 is 2.79 bits per heavy atom. The van der Waals surface area contributed by atoms with E-state index < -0.39 is 0 Å². The van der Waals surface area contributed by atoms with Gasteiger partial charge in [0.15, 0.2) is 5.78 Å². The maximum absolute atomic E-state index is 12.6. The monoisotopic (exact) mass is 323 g/mol. The summed E-state index contributed by atoms with van der Waals surface area (Å²) in [6.45, 7) is 2.94. The second-order valence-electron chi connectivity index (χ2n) is 6.08. The predicted octanol–water partition coefficient (Wildman–Crippen LogP) is 3.00. The third-order valence-corrected chi connectivity index (χ3v) is 4.28. The van der Waals surface area contributed by atoms with Crippen molar-refractivity contribution in [1.29, 1.82) is 0 Å². The van der Waals surface area contributed by atoms with Crippen molar-refractivity contribution in [2.75, 3.05) is 18.4 Å². The molecule has 1 fully saturated rings. The highest BCUT2D eigenvalue weighted by Crippen LogP contribution is 2.21. The number of carbonyl (C=O) groups is 2. The van der Waals surface area contributed by atoms with Crippen LogP contribution in [0.1, 0.15) is 40.5 Å². The van der Waals surface area contributed by atoms with Gasteiger partial charge in [0.25, 0.3) is 5.91 Å². The van der Waals surface area contributed by atoms with Crippen LogP contribution < -0.4 is 5.32 Å². The maximum atomic E-state index is 12.6. The largest absolute Gasteiger partial charge is 0.380 e. The standard InChI is InChI=1S/C19H21N3O2/c1-14(23)17-8-2-3-9-18(17)21-16-7-5-11-22(13-16)19(24)15-6-4-10-20-12-15/h2-4,6,8-10,12,16,21H,5,7,11,13H2,1H3/t16-/m1/s1. The molecule has 124 valence electrons. The normalized spacial score (nSPS) is 17.4. The summed E-state index contributed by atoms with van der Waals surface area (Å²) < 4.78 is 0. The molecule has 5 nitrogen and oxygen atoms in total. The van der Waals surface area contributed by atoms with Gasteiger partial charge in [-0.1, -0.05) is 12.1 Å². The molecule has 1 atom stereocenters. The molecule has 1 aliphatic heterocycles. The molecular weight excluding hydrogens is 302 g/mol. The molecule has 0 bridgehead atoms. The summed E-state index contributed by atoms with van der Waals surface area (Å²) in [6, 6.07) is 11.2. The fourth-order valence-corrected chi connectivity index (χ4v) is 3.09. The van der Waals surface area contributed by atoms with E-state index in [9.17, 15) is 9.59 Å². The zero-order valence-corrected chi connectivity index (χ0v) is 13.7. The lowest BCUT2D eigenvalue weighted by Crippen LogP contribution is -2.45. The fraction of sp³-hybridized carbons (Fsp3) is 0.316.